The zero-order chi connectivity index (χ0) is 14.6. The van der Waals surface area contributed by atoms with Crippen LogP contribution in [0.15, 0.2) is 20.9 Å². The lowest BCUT2D eigenvalue weighted by Gasteiger charge is -2.11. The summed E-state index contributed by atoms with van der Waals surface area (Å²) in [5.74, 6) is 0.836. The third kappa shape index (κ3) is 7.87. The van der Waals surface area contributed by atoms with Gasteiger partial charge < -0.3 is 15.4 Å². The minimum absolute atomic E-state index is 0.795. The zero-order valence-electron chi connectivity index (χ0n) is 12.2. The van der Waals surface area contributed by atoms with Crippen molar-refractivity contribution < 1.29 is 4.74 Å². The smallest absolute Gasteiger partial charge is 0.191 e. The van der Waals surface area contributed by atoms with Crippen molar-refractivity contribution in [3.8, 4) is 0 Å². The fourth-order valence-electron chi connectivity index (χ4n) is 1.57. The topological polar surface area (TPSA) is 45.6 Å². The van der Waals surface area contributed by atoms with E-state index in [1.165, 1.54) is 11.3 Å². The lowest BCUT2D eigenvalue weighted by molar-refractivity contribution is 0.129. The molecule has 0 spiro atoms. The third-order valence-electron chi connectivity index (χ3n) is 2.68. The minimum Gasteiger partial charge on any atom is -0.381 e. The summed E-state index contributed by atoms with van der Waals surface area (Å²) in [6, 6.07) is 4.17. The van der Waals surface area contributed by atoms with Crippen molar-refractivity contribution in [1.29, 1.82) is 0 Å². The van der Waals surface area contributed by atoms with Crippen LogP contribution < -0.4 is 10.6 Å². The monoisotopic (exact) mass is 361 g/mol. The molecule has 0 amide bonds. The summed E-state index contributed by atoms with van der Waals surface area (Å²) in [4.78, 5) is 5.48. The Hall–Kier alpha value is -0.590. The van der Waals surface area contributed by atoms with Gasteiger partial charge in [-0.2, -0.15) is 0 Å². The van der Waals surface area contributed by atoms with Crippen LogP contribution in [-0.2, 0) is 11.3 Å². The van der Waals surface area contributed by atoms with E-state index in [2.05, 4.69) is 50.6 Å². The van der Waals surface area contributed by atoms with E-state index < -0.39 is 0 Å². The second kappa shape index (κ2) is 11.1. The van der Waals surface area contributed by atoms with Gasteiger partial charge in [0.15, 0.2) is 5.96 Å². The number of nitrogens with zero attached hydrogens (tertiary/aromatic N) is 1. The molecule has 1 aromatic heterocycles. The maximum atomic E-state index is 5.52. The molecule has 114 valence electrons. The van der Waals surface area contributed by atoms with Gasteiger partial charge in [-0.1, -0.05) is 13.3 Å². The van der Waals surface area contributed by atoms with Gasteiger partial charge in [0.2, 0.25) is 0 Å². The Labute approximate surface area is 134 Å². The number of hydrogen-bond acceptors (Lipinski definition) is 3. The number of aliphatic imine (C=N–C) groups is 1. The number of guanidine groups is 1. The van der Waals surface area contributed by atoms with Crippen LogP contribution in [0.3, 0.4) is 0 Å². The Morgan fingerprint density at radius 1 is 1.30 bits per heavy atom. The molecule has 2 N–H and O–H groups in total. The summed E-state index contributed by atoms with van der Waals surface area (Å²) in [5.41, 5.74) is 0. The highest BCUT2D eigenvalue weighted by atomic mass is 79.9. The second-order valence-electron chi connectivity index (χ2n) is 4.38. The molecule has 1 rings (SSSR count). The number of rotatable bonds is 9. The molecule has 0 radical (unpaired) electrons. The Bertz CT molecular complexity index is 396. The fraction of sp³-hybridized carbons (Fsp3) is 0.643. The van der Waals surface area contributed by atoms with Crippen molar-refractivity contribution in [1.82, 2.24) is 10.6 Å². The summed E-state index contributed by atoms with van der Waals surface area (Å²) in [6.45, 7) is 5.52. The molecule has 0 unspecified atom stereocenters. The van der Waals surface area contributed by atoms with Gasteiger partial charge >= 0.3 is 0 Å². The number of thiophene rings is 1. The summed E-state index contributed by atoms with van der Waals surface area (Å²) in [6.07, 6.45) is 3.33. The van der Waals surface area contributed by atoms with E-state index in [1.54, 1.807) is 18.4 Å². The first-order valence-electron chi connectivity index (χ1n) is 7.02. The van der Waals surface area contributed by atoms with Crippen molar-refractivity contribution in [2.75, 3.05) is 26.8 Å². The Morgan fingerprint density at radius 3 is 2.75 bits per heavy atom. The summed E-state index contributed by atoms with van der Waals surface area (Å²) < 4.78 is 6.67. The predicted molar refractivity (Wildman–Crippen MR) is 90.6 cm³/mol. The second-order valence-corrected chi connectivity index (χ2v) is 6.93. The highest BCUT2D eigenvalue weighted by Crippen LogP contribution is 2.21. The molecule has 0 aliphatic carbocycles. The van der Waals surface area contributed by atoms with Crippen molar-refractivity contribution >= 4 is 33.2 Å². The standard InChI is InChI=1S/C14H24BrN3OS/c1-3-4-9-19-10-5-8-17-14(16-2)18-11-12-6-7-13(15)20-12/h6-7H,3-5,8-11H2,1-2H3,(H2,16,17,18). The largest absolute Gasteiger partial charge is 0.381 e. The third-order valence-corrected chi connectivity index (χ3v) is 4.31. The first-order chi connectivity index (χ1) is 9.76. The lowest BCUT2D eigenvalue weighted by Crippen LogP contribution is -2.37. The van der Waals surface area contributed by atoms with Crippen molar-refractivity contribution in [3.05, 3.63) is 20.8 Å². The molecule has 1 aromatic rings. The molecule has 0 aliphatic rings. The molecule has 0 saturated heterocycles. The van der Waals surface area contributed by atoms with Crippen LogP contribution in [0.2, 0.25) is 0 Å². The number of ether oxygens (including phenoxy) is 1. The van der Waals surface area contributed by atoms with Crippen LogP contribution in [0.1, 0.15) is 31.1 Å². The maximum Gasteiger partial charge on any atom is 0.191 e. The van der Waals surface area contributed by atoms with Crippen LogP contribution in [0.4, 0.5) is 0 Å². The van der Waals surface area contributed by atoms with Gasteiger partial charge in [0.1, 0.15) is 0 Å². The first kappa shape index (κ1) is 17.5. The summed E-state index contributed by atoms with van der Waals surface area (Å²) in [7, 11) is 1.79. The predicted octanol–water partition coefficient (Wildman–Crippen LogP) is 3.38. The van der Waals surface area contributed by atoms with Gasteiger partial charge in [-0.15, -0.1) is 11.3 Å². The van der Waals surface area contributed by atoms with Crippen LogP contribution >= 0.6 is 27.3 Å². The van der Waals surface area contributed by atoms with E-state index in [4.69, 9.17) is 4.74 Å². The Kier molecular flexibility index (Phi) is 9.70. The molecule has 1 heterocycles. The highest BCUT2D eigenvalue weighted by Gasteiger charge is 2.00. The van der Waals surface area contributed by atoms with Crippen molar-refractivity contribution in [3.63, 3.8) is 0 Å². The van der Waals surface area contributed by atoms with Crippen molar-refractivity contribution in [2.45, 2.75) is 32.7 Å². The molecule has 0 saturated carbocycles. The number of halogens is 1. The molecule has 20 heavy (non-hydrogen) atoms. The number of nitrogens with one attached hydrogen (secondary N) is 2. The highest BCUT2D eigenvalue weighted by molar-refractivity contribution is 9.11. The quantitative estimate of drug-likeness (QED) is 0.402. The van der Waals surface area contributed by atoms with Crippen molar-refractivity contribution in [2.24, 2.45) is 4.99 Å². The number of hydrogen-bond donors (Lipinski definition) is 2. The van der Waals surface area contributed by atoms with Gasteiger partial charge in [0, 0.05) is 31.7 Å². The van der Waals surface area contributed by atoms with Crippen LogP contribution in [0, 0.1) is 0 Å². The van der Waals surface area contributed by atoms with Gasteiger partial charge in [-0.3, -0.25) is 4.99 Å². The maximum absolute atomic E-state index is 5.52. The summed E-state index contributed by atoms with van der Waals surface area (Å²) >= 11 is 5.20. The molecule has 0 aromatic carbocycles. The minimum atomic E-state index is 0.795. The van der Waals surface area contributed by atoms with E-state index in [-0.39, 0.29) is 0 Å². The summed E-state index contributed by atoms with van der Waals surface area (Å²) in [5, 5.41) is 6.59. The van der Waals surface area contributed by atoms with E-state index in [0.717, 1.165) is 48.9 Å². The van der Waals surface area contributed by atoms with Crippen LogP contribution in [0.5, 0.6) is 0 Å². The molecule has 0 aliphatic heterocycles. The molecule has 0 bridgehead atoms. The van der Waals surface area contributed by atoms with Gasteiger partial charge in [0.05, 0.1) is 10.3 Å². The fourth-order valence-corrected chi connectivity index (χ4v) is 2.99. The average Bonchev–Trinajstić information content (AvgIpc) is 2.87. The molecule has 6 heteroatoms. The normalized spacial score (nSPS) is 11.7. The number of unbranched alkanes of at least 4 members (excludes halogenated alkanes) is 1. The molecular weight excluding hydrogens is 338 g/mol. The van der Waals surface area contributed by atoms with E-state index >= 15 is 0 Å². The van der Waals surface area contributed by atoms with E-state index in [9.17, 15) is 0 Å². The zero-order valence-corrected chi connectivity index (χ0v) is 14.6. The molecular formula is C14H24BrN3OS. The average molecular weight is 362 g/mol. The van der Waals surface area contributed by atoms with Crippen LogP contribution in [0.25, 0.3) is 0 Å². The molecule has 0 atom stereocenters. The Balaban J connectivity index is 2.08. The van der Waals surface area contributed by atoms with E-state index in [1.807, 2.05) is 0 Å². The molecule has 4 nitrogen and oxygen atoms in total. The molecule has 0 fully saturated rings. The van der Waals surface area contributed by atoms with Gasteiger partial charge in [-0.25, -0.2) is 0 Å². The first-order valence-corrected chi connectivity index (χ1v) is 8.63. The van der Waals surface area contributed by atoms with E-state index in [0.29, 0.717) is 0 Å². The lowest BCUT2D eigenvalue weighted by atomic mass is 10.4. The van der Waals surface area contributed by atoms with Gasteiger partial charge in [-0.05, 0) is 40.9 Å². The Morgan fingerprint density at radius 2 is 2.10 bits per heavy atom. The van der Waals surface area contributed by atoms with Gasteiger partial charge in [0.25, 0.3) is 0 Å². The SMILES string of the molecule is CCCCOCCCNC(=NC)NCc1ccc(Br)s1. The van der Waals surface area contributed by atoms with Crippen LogP contribution in [-0.4, -0.2) is 32.8 Å².